The number of hydrogen-bond donors (Lipinski definition) is 1. The first kappa shape index (κ1) is 23.9. The zero-order valence-electron chi connectivity index (χ0n) is 19.2. The number of nitro groups is 1. The van der Waals surface area contributed by atoms with E-state index < -0.39 is 16.8 Å². The molecule has 2 amide bonds. The van der Waals surface area contributed by atoms with Crippen LogP contribution in [0.4, 0.5) is 11.4 Å². The molecule has 4 rings (SSSR count). The summed E-state index contributed by atoms with van der Waals surface area (Å²) in [7, 11) is 0. The molecule has 1 N–H and O–H groups in total. The molecule has 0 aromatic heterocycles. The molecule has 0 saturated heterocycles. The quantitative estimate of drug-likeness (QED) is 0.274. The molecule has 0 saturated carbocycles. The normalized spacial score (nSPS) is 16.9. The van der Waals surface area contributed by atoms with Crippen LogP contribution in [-0.2, 0) is 22.7 Å². The lowest BCUT2D eigenvalue weighted by atomic mass is 9.81. The molecular formula is C28H27N3O4. The summed E-state index contributed by atoms with van der Waals surface area (Å²) in [6.45, 7) is 0.848. The van der Waals surface area contributed by atoms with Gasteiger partial charge in [0.15, 0.2) is 0 Å². The zero-order chi connectivity index (χ0) is 24.6. The number of anilines is 1. The lowest BCUT2D eigenvalue weighted by molar-refractivity contribution is -0.383. The van der Waals surface area contributed by atoms with Gasteiger partial charge in [-0.15, -0.1) is 0 Å². The molecule has 0 fully saturated rings. The Morgan fingerprint density at radius 3 is 1.89 bits per heavy atom. The summed E-state index contributed by atoms with van der Waals surface area (Å²) < 4.78 is 0. The molecule has 2 atom stereocenters. The van der Waals surface area contributed by atoms with Crippen LogP contribution in [0.2, 0.25) is 0 Å². The Bertz CT molecular complexity index is 1170. The van der Waals surface area contributed by atoms with Crippen LogP contribution in [0.5, 0.6) is 0 Å². The third kappa shape index (κ3) is 6.00. The van der Waals surface area contributed by atoms with Gasteiger partial charge < -0.3 is 10.2 Å². The number of carbonyl (C=O) groups is 2. The summed E-state index contributed by atoms with van der Waals surface area (Å²) in [6, 6.07) is 25.6. The summed E-state index contributed by atoms with van der Waals surface area (Å²) in [5.41, 5.74) is 1.96. The van der Waals surface area contributed by atoms with Gasteiger partial charge in [0.1, 0.15) is 5.69 Å². The second-order valence-corrected chi connectivity index (χ2v) is 8.58. The highest BCUT2D eigenvalue weighted by molar-refractivity contribution is 5.98. The van der Waals surface area contributed by atoms with Gasteiger partial charge in [0.2, 0.25) is 11.8 Å². The molecule has 3 aromatic rings. The van der Waals surface area contributed by atoms with Crippen LogP contribution < -0.4 is 5.32 Å². The molecule has 1 aliphatic carbocycles. The molecule has 3 aromatic carbocycles. The Morgan fingerprint density at radius 1 is 0.800 bits per heavy atom. The van der Waals surface area contributed by atoms with E-state index >= 15 is 0 Å². The third-order valence-electron chi connectivity index (χ3n) is 6.19. The molecular weight excluding hydrogens is 442 g/mol. The van der Waals surface area contributed by atoms with Crippen LogP contribution in [0.1, 0.15) is 24.0 Å². The largest absolute Gasteiger partial charge is 0.334 e. The first-order chi connectivity index (χ1) is 17.0. The van der Waals surface area contributed by atoms with E-state index in [2.05, 4.69) is 5.32 Å². The molecule has 35 heavy (non-hydrogen) atoms. The average molecular weight is 470 g/mol. The lowest BCUT2D eigenvalue weighted by Crippen LogP contribution is -2.42. The lowest BCUT2D eigenvalue weighted by Gasteiger charge is -2.32. The number of nitrogens with zero attached hydrogens (tertiary/aromatic N) is 2. The van der Waals surface area contributed by atoms with E-state index in [9.17, 15) is 19.7 Å². The highest BCUT2D eigenvalue weighted by Gasteiger charge is 2.37. The van der Waals surface area contributed by atoms with Crippen molar-refractivity contribution in [3.63, 3.8) is 0 Å². The van der Waals surface area contributed by atoms with Crippen molar-refractivity contribution in [2.45, 2.75) is 25.9 Å². The van der Waals surface area contributed by atoms with Crippen LogP contribution in [0.3, 0.4) is 0 Å². The SMILES string of the molecule is O=C(Nc1ccccc1[N+](=O)[O-])C1CC=CCC1C(=O)N(Cc1ccccc1)Cc1ccccc1. The minimum absolute atomic E-state index is 0.107. The number of amides is 2. The minimum Gasteiger partial charge on any atom is -0.334 e. The number of allylic oxidation sites excluding steroid dienone is 2. The first-order valence-corrected chi connectivity index (χ1v) is 11.6. The van der Waals surface area contributed by atoms with E-state index in [0.29, 0.717) is 25.9 Å². The average Bonchev–Trinajstić information content (AvgIpc) is 2.89. The van der Waals surface area contributed by atoms with Crippen LogP contribution in [-0.4, -0.2) is 21.6 Å². The van der Waals surface area contributed by atoms with Crippen LogP contribution in [0.25, 0.3) is 0 Å². The first-order valence-electron chi connectivity index (χ1n) is 11.6. The number of hydrogen-bond acceptors (Lipinski definition) is 4. The summed E-state index contributed by atoms with van der Waals surface area (Å²) in [5, 5.41) is 14.1. The maximum atomic E-state index is 13.9. The standard InChI is InChI=1S/C28H27N3O4/c32-27(29-25-17-9-10-18-26(25)31(34)35)23-15-7-8-16-24(23)28(33)30(19-21-11-3-1-4-12-21)20-22-13-5-2-6-14-22/h1-14,17-18,23-24H,15-16,19-20H2,(H,29,32). The fourth-order valence-corrected chi connectivity index (χ4v) is 4.39. The summed E-state index contributed by atoms with van der Waals surface area (Å²) >= 11 is 0. The van der Waals surface area contributed by atoms with Gasteiger partial charge in [-0.05, 0) is 30.0 Å². The van der Waals surface area contributed by atoms with Crippen molar-refractivity contribution in [1.29, 1.82) is 0 Å². The Balaban J connectivity index is 1.57. The van der Waals surface area contributed by atoms with Gasteiger partial charge in [-0.2, -0.15) is 0 Å². The second kappa shape index (κ2) is 11.2. The predicted molar refractivity (Wildman–Crippen MR) is 134 cm³/mol. The smallest absolute Gasteiger partial charge is 0.292 e. The molecule has 7 nitrogen and oxygen atoms in total. The second-order valence-electron chi connectivity index (χ2n) is 8.58. The van der Waals surface area contributed by atoms with Gasteiger partial charge in [0, 0.05) is 19.2 Å². The van der Waals surface area contributed by atoms with Gasteiger partial charge in [-0.3, -0.25) is 19.7 Å². The van der Waals surface area contributed by atoms with E-state index in [1.807, 2.05) is 72.8 Å². The van der Waals surface area contributed by atoms with Crippen LogP contribution >= 0.6 is 0 Å². The van der Waals surface area contributed by atoms with Crippen molar-refractivity contribution in [2.75, 3.05) is 5.32 Å². The van der Waals surface area contributed by atoms with Crippen LogP contribution in [0.15, 0.2) is 97.1 Å². The third-order valence-corrected chi connectivity index (χ3v) is 6.19. The predicted octanol–water partition coefficient (Wildman–Crippen LogP) is 5.34. The van der Waals surface area contributed by atoms with E-state index in [-0.39, 0.29) is 23.2 Å². The van der Waals surface area contributed by atoms with Crippen molar-refractivity contribution in [3.8, 4) is 0 Å². The van der Waals surface area contributed by atoms with Crippen molar-refractivity contribution in [3.05, 3.63) is 118 Å². The van der Waals surface area contributed by atoms with E-state index in [4.69, 9.17) is 0 Å². The van der Waals surface area contributed by atoms with Crippen molar-refractivity contribution >= 4 is 23.2 Å². The molecule has 178 valence electrons. The molecule has 0 spiro atoms. The fraction of sp³-hybridized carbons (Fsp3) is 0.214. The van der Waals surface area contributed by atoms with Gasteiger partial charge >= 0.3 is 0 Å². The topological polar surface area (TPSA) is 92.5 Å². The number of benzene rings is 3. The summed E-state index contributed by atoms with van der Waals surface area (Å²) in [6.07, 6.45) is 4.66. The van der Waals surface area contributed by atoms with E-state index in [1.54, 1.807) is 17.0 Å². The molecule has 0 bridgehead atoms. The number of nitrogens with one attached hydrogen (secondary N) is 1. The van der Waals surface area contributed by atoms with Gasteiger partial charge in [-0.1, -0.05) is 84.9 Å². The maximum Gasteiger partial charge on any atom is 0.292 e. The van der Waals surface area contributed by atoms with Crippen molar-refractivity contribution in [1.82, 2.24) is 4.90 Å². The molecule has 7 heteroatoms. The van der Waals surface area contributed by atoms with Gasteiger partial charge in [-0.25, -0.2) is 0 Å². The van der Waals surface area contributed by atoms with Crippen molar-refractivity contribution in [2.24, 2.45) is 11.8 Å². The number of carbonyl (C=O) groups excluding carboxylic acids is 2. The Labute approximate surface area is 204 Å². The molecule has 1 aliphatic rings. The highest BCUT2D eigenvalue weighted by Crippen LogP contribution is 2.31. The maximum absolute atomic E-state index is 13.9. The van der Waals surface area contributed by atoms with Gasteiger partial charge in [0.05, 0.1) is 16.8 Å². The summed E-state index contributed by atoms with van der Waals surface area (Å²) in [4.78, 5) is 39.7. The zero-order valence-corrected chi connectivity index (χ0v) is 19.2. The van der Waals surface area contributed by atoms with Gasteiger partial charge in [0.25, 0.3) is 5.69 Å². The molecule has 0 heterocycles. The number of para-hydroxylation sites is 2. The van der Waals surface area contributed by atoms with Crippen molar-refractivity contribution < 1.29 is 14.5 Å². The molecule has 0 aliphatic heterocycles. The summed E-state index contributed by atoms with van der Waals surface area (Å²) in [5.74, 6) is -1.68. The highest BCUT2D eigenvalue weighted by atomic mass is 16.6. The Morgan fingerprint density at radius 2 is 1.31 bits per heavy atom. The van der Waals surface area contributed by atoms with E-state index in [1.165, 1.54) is 12.1 Å². The van der Waals surface area contributed by atoms with E-state index in [0.717, 1.165) is 11.1 Å². The monoisotopic (exact) mass is 469 g/mol. The minimum atomic E-state index is -0.624. The molecule has 0 radical (unpaired) electrons. The number of nitro benzene ring substituents is 1. The number of rotatable bonds is 8. The van der Waals surface area contributed by atoms with Crippen LogP contribution in [0, 0.1) is 22.0 Å². The fourth-order valence-electron chi connectivity index (χ4n) is 4.39. The Hall–Kier alpha value is -4.26. The molecule has 2 unspecified atom stereocenters. The Kier molecular flexibility index (Phi) is 7.67.